The number of halogens is 3. The second-order valence-electron chi connectivity index (χ2n) is 12.8. The third-order valence-electron chi connectivity index (χ3n) is 9.95. The summed E-state index contributed by atoms with van der Waals surface area (Å²) in [7, 11) is 0. The molecule has 1 amide bonds. The highest BCUT2D eigenvalue weighted by Gasteiger charge is 2.61. The number of likely N-dealkylation sites (tertiary alicyclic amines) is 1. The molecule has 0 spiro atoms. The molecule has 11 heteroatoms. The van der Waals surface area contributed by atoms with Crippen LogP contribution >= 0.6 is 0 Å². The molecule has 3 aliphatic carbocycles. The van der Waals surface area contributed by atoms with E-state index in [0.29, 0.717) is 44.9 Å². The second kappa shape index (κ2) is 9.89. The van der Waals surface area contributed by atoms with Crippen LogP contribution in [0.4, 0.5) is 13.2 Å². The first-order chi connectivity index (χ1) is 17.4. The average molecular weight is 535 g/mol. The average Bonchev–Trinajstić information content (AvgIpc) is 3.50. The zero-order valence-electron chi connectivity index (χ0n) is 21.6. The van der Waals surface area contributed by atoms with Crippen molar-refractivity contribution in [3.05, 3.63) is 0 Å². The lowest BCUT2D eigenvalue weighted by atomic mass is 9.74. The first-order valence-corrected chi connectivity index (χ1v) is 13.7. The number of β-amino-alcohol motifs (C(OH)–C–C–N with tert-alkyl or cyclic N) is 1. The maximum atomic E-state index is 15.5. The largest absolute Gasteiger partial charge is 0.486 e. The van der Waals surface area contributed by atoms with Gasteiger partial charge in [0.15, 0.2) is 0 Å². The van der Waals surface area contributed by atoms with Crippen LogP contribution < -0.4 is 5.32 Å². The van der Waals surface area contributed by atoms with Crippen molar-refractivity contribution >= 4 is 5.91 Å². The third kappa shape index (κ3) is 5.16. The Morgan fingerprint density at radius 3 is 2.46 bits per heavy atom. The van der Waals surface area contributed by atoms with Gasteiger partial charge in [-0.05, 0) is 63.2 Å². The van der Waals surface area contributed by atoms with Gasteiger partial charge in [-0.25, -0.2) is 4.39 Å². The van der Waals surface area contributed by atoms with Gasteiger partial charge in [0.25, 0.3) is 0 Å². The van der Waals surface area contributed by atoms with Crippen molar-refractivity contribution in [2.45, 2.75) is 114 Å². The maximum absolute atomic E-state index is 15.5. The van der Waals surface area contributed by atoms with E-state index in [1.165, 1.54) is 0 Å². The number of fused-ring (bicyclic) bond motifs is 2. The Balaban J connectivity index is 1.24. The van der Waals surface area contributed by atoms with E-state index >= 15 is 4.39 Å². The first-order valence-electron chi connectivity index (χ1n) is 13.7. The SMILES string of the molecule is CC(C)(CO)C1CC2CC(NC(=O)C3(C4CCC5OC(F)(F)OC5C4)CC3)C(F)CC2N1C[C@@H](O)CO. The molecule has 0 aromatic rings. The monoisotopic (exact) mass is 534 g/mol. The molecule has 4 N–H and O–H groups in total. The molecule has 5 rings (SSSR count). The molecule has 2 heterocycles. The van der Waals surface area contributed by atoms with Crippen LogP contribution in [0.25, 0.3) is 0 Å². The van der Waals surface area contributed by atoms with Crippen molar-refractivity contribution in [2.24, 2.45) is 22.7 Å². The van der Waals surface area contributed by atoms with Crippen molar-refractivity contribution in [2.75, 3.05) is 19.8 Å². The summed E-state index contributed by atoms with van der Waals surface area (Å²) < 4.78 is 52.1. The lowest BCUT2D eigenvalue weighted by molar-refractivity contribution is -0.351. The Hall–Kier alpha value is -0.980. The highest BCUT2D eigenvalue weighted by atomic mass is 19.3. The summed E-state index contributed by atoms with van der Waals surface area (Å²) >= 11 is 0. The van der Waals surface area contributed by atoms with E-state index < -0.39 is 54.3 Å². The minimum absolute atomic E-state index is 0.0610. The molecule has 2 saturated heterocycles. The quantitative estimate of drug-likeness (QED) is 0.377. The van der Waals surface area contributed by atoms with Crippen molar-refractivity contribution in [1.29, 1.82) is 0 Å². The van der Waals surface area contributed by atoms with Crippen LogP contribution in [0.5, 0.6) is 0 Å². The van der Waals surface area contributed by atoms with Gasteiger partial charge in [0.05, 0.1) is 36.4 Å². The summed E-state index contributed by atoms with van der Waals surface area (Å²) in [6.07, 6.45) is -3.15. The molecule has 9 atom stereocenters. The van der Waals surface area contributed by atoms with Gasteiger partial charge >= 0.3 is 6.29 Å². The maximum Gasteiger partial charge on any atom is 0.486 e. The summed E-state index contributed by atoms with van der Waals surface area (Å²) in [4.78, 5) is 15.5. The molecule has 0 aromatic heterocycles. The first kappa shape index (κ1) is 27.6. The third-order valence-corrected chi connectivity index (χ3v) is 9.95. The molecule has 0 radical (unpaired) electrons. The summed E-state index contributed by atoms with van der Waals surface area (Å²) in [6.45, 7) is 3.64. The number of alkyl halides is 3. The Morgan fingerprint density at radius 2 is 1.81 bits per heavy atom. The minimum Gasteiger partial charge on any atom is -0.396 e. The van der Waals surface area contributed by atoms with Gasteiger partial charge in [-0.1, -0.05) is 13.8 Å². The molecule has 8 unspecified atom stereocenters. The number of rotatable bonds is 8. The number of carbonyl (C=O) groups excluding carboxylic acids is 1. The molecule has 2 aliphatic heterocycles. The van der Waals surface area contributed by atoms with Gasteiger partial charge in [0.1, 0.15) is 6.17 Å². The molecule has 212 valence electrons. The highest BCUT2D eigenvalue weighted by molar-refractivity contribution is 5.86. The summed E-state index contributed by atoms with van der Waals surface area (Å²) in [5.74, 6) is -0.210. The van der Waals surface area contributed by atoms with E-state index in [1.54, 1.807) is 0 Å². The number of carbonyl (C=O) groups is 1. The van der Waals surface area contributed by atoms with Crippen molar-refractivity contribution in [3.8, 4) is 0 Å². The number of aliphatic hydroxyl groups excluding tert-OH is 3. The van der Waals surface area contributed by atoms with E-state index in [1.807, 2.05) is 18.7 Å². The van der Waals surface area contributed by atoms with Crippen LogP contribution in [0, 0.1) is 22.7 Å². The number of amides is 1. The molecule has 3 saturated carbocycles. The van der Waals surface area contributed by atoms with Gasteiger partial charge in [-0.2, -0.15) is 0 Å². The number of aliphatic hydroxyl groups is 3. The van der Waals surface area contributed by atoms with Crippen LogP contribution in [0.15, 0.2) is 0 Å². The van der Waals surface area contributed by atoms with Crippen LogP contribution in [-0.4, -0.2) is 94.8 Å². The molecule has 37 heavy (non-hydrogen) atoms. The Labute approximate surface area is 215 Å². The van der Waals surface area contributed by atoms with Crippen LogP contribution in [0.2, 0.25) is 0 Å². The Bertz CT molecular complexity index is 858. The normalized spacial score (nSPS) is 41.6. The van der Waals surface area contributed by atoms with E-state index in [4.69, 9.17) is 9.47 Å². The standard InChI is InChI=1S/C26H41F3N2O6/c1-24(2,13-33)22-8-14-7-18(17(27)10-19(14)31(22)11-16(34)12-32)30-23(35)25(5-6-25)15-3-4-20-21(9-15)37-26(28,29)36-20/h14-22,32-34H,3-13H2,1-2H3,(H,30,35)/t14?,15?,16-,17?,18?,19?,20?,21?,22?/m1/s1. The number of nitrogens with zero attached hydrogens (tertiary/aromatic N) is 1. The van der Waals surface area contributed by atoms with Gasteiger partial charge in [-0.15, -0.1) is 8.78 Å². The fourth-order valence-corrected chi connectivity index (χ4v) is 7.63. The van der Waals surface area contributed by atoms with Crippen molar-refractivity contribution in [3.63, 3.8) is 0 Å². The van der Waals surface area contributed by atoms with Crippen molar-refractivity contribution < 1.29 is 42.8 Å². The zero-order valence-corrected chi connectivity index (χ0v) is 21.6. The van der Waals surface area contributed by atoms with E-state index in [0.717, 1.165) is 0 Å². The lowest BCUT2D eigenvalue weighted by Gasteiger charge is -2.42. The van der Waals surface area contributed by atoms with E-state index in [-0.39, 0.29) is 49.4 Å². The lowest BCUT2D eigenvalue weighted by Crippen LogP contribution is -2.55. The van der Waals surface area contributed by atoms with Crippen LogP contribution in [0.3, 0.4) is 0 Å². The predicted molar refractivity (Wildman–Crippen MR) is 126 cm³/mol. The van der Waals surface area contributed by atoms with E-state index in [2.05, 4.69) is 5.32 Å². The minimum atomic E-state index is -3.58. The number of nitrogens with one attached hydrogen (secondary N) is 1. The summed E-state index contributed by atoms with van der Waals surface area (Å²) in [6, 6.07) is -0.878. The Kier molecular flexibility index (Phi) is 7.37. The summed E-state index contributed by atoms with van der Waals surface area (Å²) in [5.41, 5.74) is -1.13. The fourth-order valence-electron chi connectivity index (χ4n) is 7.63. The van der Waals surface area contributed by atoms with Gasteiger partial charge in [0.2, 0.25) is 5.91 Å². The molecular formula is C26H41F3N2O6. The second-order valence-corrected chi connectivity index (χ2v) is 12.8. The highest BCUT2D eigenvalue weighted by Crippen LogP contribution is 2.58. The fraction of sp³-hybridized carbons (Fsp3) is 0.962. The van der Waals surface area contributed by atoms with Crippen LogP contribution in [-0.2, 0) is 14.3 Å². The van der Waals surface area contributed by atoms with E-state index in [9.17, 15) is 28.9 Å². The molecule has 8 nitrogen and oxygen atoms in total. The topological polar surface area (TPSA) is 111 Å². The molecule has 0 aromatic carbocycles. The predicted octanol–water partition coefficient (Wildman–Crippen LogP) is 1.95. The molecule has 5 fully saturated rings. The van der Waals surface area contributed by atoms with Gasteiger partial charge in [-0.3, -0.25) is 19.2 Å². The molecule has 0 bridgehead atoms. The number of hydrogen-bond donors (Lipinski definition) is 4. The number of ether oxygens (including phenoxy) is 2. The molecule has 5 aliphatic rings. The van der Waals surface area contributed by atoms with Gasteiger partial charge < -0.3 is 20.6 Å². The molecular weight excluding hydrogens is 493 g/mol. The van der Waals surface area contributed by atoms with Crippen molar-refractivity contribution in [1.82, 2.24) is 10.2 Å². The Morgan fingerprint density at radius 1 is 1.11 bits per heavy atom. The smallest absolute Gasteiger partial charge is 0.396 e. The number of hydrogen-bond acceptors (Lipinski definition) is 7. The zero-order chi connectivity index (χ0) is 26.8. The van der Waals surface area contributed by atoms with Gasteiger partial charge in [0, 0.05) is 30.7 Å². The van der Waals surface area contributed by atoms with Crippen LogP contribution in [0.1, 0.15) is 65.2 Å². The summed E-state index contributed by atoms with van der Waals surface area (Å²) in [5, 5.41) is 32.5.